The average molecular weight is 903 g/mol. The van der Waals surface area contributed by atoms with Crippen LogP contribution in [0, 0.1) is 23.2 Å². The SMILES string of the molecule is COc1ccc(-c2ccc3nccc(C(=O)NCC(=O)N4CC(F)(F)C[C@H]4C#N)c3c2)c(OCC[C@@H](Cc2ccc3ccccc3c2)NC(=O)C2CCC(CNC(=O)OC(C)(C)C)CC2)c1. The Morgan fingerprint density at radius 1 is 0.939 bits per heavy atom. The van der Waals surface area contributed by atoms with Gasteiger partial charge in [0.25, 0.3) is 11.8 Å². The largest absolute Gasteiger partial charge is 0.497 e. The molecule has 4 aromatic carbocycles. The number of benzene rings is 4. The summed E-state index contributed by atoms with van der Waals surface area (Å²) in [6.07, 6.45) is 4.40. The molecular weight excluding hydrogens is 847 g/mol. The number of hydrogen-bond acceptors (Lipinski definition) is 9. The van der Waals surface area contributed by atoms with Crippen LogP contribution in [0.4, 0.5) is 13.6 Å². The number of rotatable bonds is 15. The maximum absolute atomic E-state index is 14.0. The molecule has 1 aromatic heterocycles. The number of alkyl halides is 2. The highest BCUT2D eigenvalue weighted by Gasteiger charge is 2.47. The second-order valence-corrected chi connectivity index (χ2v) is 18.2. The average Bonchev–Trinajstić information content (AvgIpc) is 3.63. The molecule has 3 N–H and O–H groups in total. The smallest absolute Gasteiger partial charge is 0.407 e. The number of nitrogens with one attached hydrogen (secondary N) is 3. The molecule has 66 heavy (non-hydrogen) atoms. The second kappa shape index (κ2) is 20.6. The molecule has 0 radical (unpaired) electrons. The molecule has 7 rings (SSSR count). The van der Waals surface area contributed by atoms with Crippen LogP contribution in [0.15, 0.2) is 91.1 Å². The van der Waals surface area contributed by atoms with Crippen LogP contribution in [-0.4, -0.2) is 90.7 Å². The minimum absolute atomic E-state index is 0.000606. The number of ether oxygens (including phenoxy) is 3. The first kappa shape index (κ1) is 47.2. The Bertz CT molecular complexity index is 2620. The summed E-state index contributed by atoms with van der Waals surface area (Å²) in [5, 5.41) is 20.8. The lowest BCUT2D eigenvalue weighted by Crippen LogP contribution is -2.43. The zero-order valence-electron chi connectivity index (χ0n) is 37.7. The molecule has 2 fully saturated rings. The van der Waals surface area contributed by atoms with Crippen LogP contribution in [0.25, 0.3) is 32.8 Å². The summed E-state index contributed by atoms with van der Waals surface area (Å²) in [7, 11) is 1.56. The van der Waals surface area contributed by atoms with Gasteiger partial charge in [-0.25, -0.2) is 13.6 Å². The molecule has 13 nitrogen and oxygen atoms in total. The lowest BCUT2D eigenvalue weighted by Gasteiger charge is -2.30. The lowest BCUT2D eigenvalue weighted by atomic mass is 9.81. The number of carbonyl (C=O) groups excluding carboxylic acids is 4. The standard InChI is InChI=1S/C51H56F2N6O7/c1-50(2,3)66-49(63)57-29-32-9-13-35(14-10-32)47(61)58-38(24-33-11-12-34-7-5-6-8-36(34)23-33)20-22-65-45-26-40(64-4)16-17-41(45)37-15-18-44-43(25-37)42(19-21-55-44)48(62)56-30-46(60)59-31-51(52,53)27-39(59)28-54/h5-8,11-12,15-19,21,23,25-26,32,35,38-39H,9-10,13-14,20,22,24,27,29-31H2,1-4H3,(H,56,62)(H,57,63)(H,58,61)/t32?,35?,38-,39-/m0/s1. The minimum atomic E-state index is -3.18. The van der Waals surface area contributed by atoms with Crippen molar-refractivity contribution in [3.63, 3.8) is 0 Å². The zero-order valence-corrected chi connectivity index (χ0v) is 37.7. The van der Waals surface area contributed by atoms with Gasteiger partial charge in [0.1, 0.15) is 23.1 Å². The van der Waals surface area contributed by atoms with E-state index in [2.05, 4.69) is 51.3 Å². The number of pyridine rings is 1. The van der Waals surface area contributed by atoms with Gasteiger partial charge >= 0.3 is 6.09 Å². The number of likely N-dealkylation sites (tertiary alicyclic amines) is 1. The van der Waals surface area contributed by atoms with E-state index in [9.17, 15) is 33.2 Å². The Balaban J connectivity index is 1.04. The molecule has 1 aliphatic heterocycles. The fourth-order valence-electron chi connectivity index (χ4n) is 8.72. The van der Waals surface area contributed by atoms with E-state index in [4.69, 9.17) is 14.2 Å². The fraction of sp³-hybridized carbons (Fsp3) is 0.412. The fourth-order valence-corrected chi connectivity index (χ4v) is 8.72. The first-order valence-electron chi connectivity index (χ1n) is 22.4. The minimum Gasteiger partial charge on any atom is -0.497 e. The van der Waals surface area contributed by atoms with E-state index < -0.39 is 55.0 Å². The maximum Gasteiger partial charge on any atom is 0.407 e. The molecule has 0 bridgehead atoms. The van der Waals surface area contributed by atoms with E-state index in [0.29, 0.717) is 65.8 Å². The van der Waals surface area contributed by atoms with Crippen LogP contribution in [0.2, 0.25) is 0 Å². The third-order valence-electron chi connectivity index (χ3n) is 12.1. The van der Waals surface area contributed by atoms with Crippen LogP contribution in [-0.2, 0) is 20.7 Å². The molecule has 1 saturated carbocycles. The number of aromatic nitrogens is 1. The number of fused-ring (bicyclic) bond motifs is 2. The molecule has 2 atom stereocenters. The Morgan fingerprint density at radius 3 is 2.45 bits per heavy atom. The molecule has 1 aliphatic carbocycles. The van der Waals surface area contributed by atoms with Crippen LogP contribution in [0.1, 0.15) is 75.2 Å². The number of nitriles is 1. The number of halogens is 2. The zero-order chi connectivity index (χ0) is 47.0. The van der Waals surface area contributed by atoms with Crippen LogP contribution in [0.3, 0.4) is 0 Å². The third kappa shape index (κ3) is 12.1. The van der Waals surface area contributed by atoms with Crippen LogP contribution in [0.5, 0.6) is 11.5 Å². The van der Waals surface area contributed by atoms with Crippen molar-refractivity contribution in [2.24, 2.45) is 11.8 Å². The first-order chi connectivity index (χ1) is 31.6. The summed E-state index contributed by atoms with van der Waals surface area (Å²) < 4.78 is 45.5. The number of alkyl carbamates (subject to hydrolysis) is 1. The quantitative estimate of drug-likeness (QED) is 0.0934. The summed E-state index contributed by atoms with van der Waals surface area (Å²) in [5.41, 5.74) is 2.63. The number of carbonyl (C=O) groups is 4. The van der Waals surface area contributed by atoms with Gasteiger partial charge in [-0.1, -0.05) is 48.5 Å². The monoisotopic (exact) mass is 902 g/mol. The third-order valence-corrected chi connectivity index (χ3v) is 12.1. The summed E-state index contributed by atoms with van der Waals surface area (Å²) >= 11 is 0. The maximum atomic E-state index is 14.0. The van der Waals surface area contributed by atoms with Gasteiger partial charge < -0.3 is 35.1 Å². The van der Waals surface area contributed by atoms with Crippen molar-refractivity contribution in [2.45, 2.75) is 89.3 Å². The molecule has 2 aliphatic rings. The normalized spacial score (nSPS) is 18.5. The van der Waals surface area contributed by atoms with Gasteiger partial charge in [-0.3, -0.25) is 19.4 Å². The van der Waals surface area contributed by atoms with Gasteiger partial charge in [0.2, 0.25) is 11.8 Å². The summed E-state index contributed by atoms with van der Waals surface area (Å²) in [6, 6.07) is 27.1. The summed E-state index contributed by atoms with van der Waals surface area (Å²) in [6.45, 7) is 4.79. The Labute approximate surface area is 383 Å². The van der Waals surface area contributed by atoms with Gasteiger partial charge in [-0.05, 0) is 111 Å². The van der Waals surface area contributed by atoms with E-state index in [1.165, 1.54) is 12.3 Å². The highest BCUT2D eigenvalue weighted by atomic mass is 19.3. The van der Waals surface area contributed by atoms with Crippen molar-refractivity contribution in [3.8, 4) is 28.7 Å². The number of methoxy groups -OCH3 is 1. The highest BCUT2D eigenvalue weighted by Crippen LogP contribution is 2.36. The first-order valence-corrected chi connectivity index (χ1v) is 22.4. The Morgan fingerprint density at radius 2 is 1.71 bits per heavy atom. The van der Waals surface area contributed by atoms with Crippen molar-refractivity contribution in [3.05, 3.63) is 102 Å². The molecule has 2 heterocycles. The van der Waals surface area contributed by atoms with E-state index in [1.54, 1.807) is 37.4 Å². The van der Waals surface area contributed by atoms with Gasteiger partial charge in [0, 0.05) is 54.6 Å². The van der Waals surface area contributed by atoms with Gasteiger partial charge in [-0.2, -0.15) is 5.26 Å². The lowest BCUT2D eigenvalue weighted by molar-refractivity contribution is -0.131. The molecule has 346 valence electrons. The molecule has 1 saturated heterocycles. The van der Waals surface area contributed by atoms with Crippen molar-refractivity contribution in [1.82, 2.24) is 25.8 Å². The molecule has 0 unspecified atom stereocenters. The van der Waals surface area contributed by atoms with Crippen LogP contribution >= 0.6 is 0 Å². The van der Waals surface area contributed by atoms with Gasteiger partial charge in [0.15, 0.2) is 0 Å². The van der Waals surface area contributed by atoms with Crippen molar-refractivity contribution in [1.29, 1.82) is 5.26 Å². The van der Waals surface area contributed by atoms with Crippen molar-refractivity contribution < 1.29 is 42.2 Å². The van der Waals surface area contributed by atoms with E-state index in [1.807, 2.05) is 45.0 Å². The number of amides is 4. The van der Waals surface area contributed by atoms with Gasteiger partial charge in [-0.15, -0.1) is 0 Å². The topological polar surface area (TPSA) is 172 Å². The van der Waals surface area contributed by atoms with Crippen LogP contribution < -0.4 is 25.4 Å². The molecule has 4 amide bonds. The van der Waals surface area contributed by atoms with E-state index in [-0.39, 0.29) is 36.0 Å². The van der Waals surface area contributed by atoms with E-state index in [0.717, 1.165) is 34.1 Å². The van der Waals surface area contributed by atoms with Crippen molar-refractivity contribution >= 4 is 45.5 Å². The molecule has 15 heteroatoms. The Hall–Kier alpha value is -6.82. The number of nitrogens with zero attached hydrogens (tertiary/aromatic N) is 3. The highest BCUT2D eigenvalue weighted by molar-refractivity contribution is 6.07. The van der Waals surface area contributed by atoms with Crippen molar-refractivity contribution in [2.75, 3.05) is 33.4 Å². The summed E-state index contributed by atoms with van der Waals surface area (Å²) in [5.74, 6) is -3.39. The van der Waals surface area contributed by atoms with Gasteiger partial charge in [0.05, 0.1) is 44.0 Å². The Kier molecular flexibility index (Phi) is 14.7. The molecule has 0 spiro atoms. The number of hydrogen-bond donors (Lipinski definition) is 3. The second-order valence-electron chi connectivity index (χ2n) is 18.2. The van der Waals surface area contributed by atoms with E-state index >= 15 is 0 Å². The predicted molar refractivity (Wildman–Crippen MR) is 246 cm³/mol. The molecular formula is C51H56F2N6O7. The molecule has 5 aromatic rings. The predicted octanol–water partition coefficient (Wildman–Crippen LogP) is 8.38. The summed E-state index contributed by atoms with van der Waals surface area (Å²) in [4.78, 5) is 57.8.